The third-order valence-electron chi connectivity index (χ3n) is 4.03. The molecule has 1 amide bonds. The smallest absolute Gasteiger partial charge is 0.454 e. The Morgan fingerprint density at radius 2 is 1.85 bits per heavy atom. The highest BCUT2D eigenvalue weighted by Gasteiger charge is 2.20. The van der Waals surface area contributed by atoms with Crippen LogP contribution in [0.1, 0.15) is 12.5 Å². The molecule has 2 rings (SSSR count). The SMILES string of the molecule is CC(Cc1ccc2c(c1)OCO2)N(C)C(=O)OCOC(=O)OCCN(C)C. The fraction of sp³-hybridized carbons (Fsp3) is 0.556. The summed E-state index contributed by atoms with van der Waals surface area (Å²) in [5, 5.41) is 0. The molecule has 0 bridgehead atoms. The first-order valence-corrected chi connectivity index (χ1v) is 8.59. The van der Waals surface area contributed by atoms with E-state index in [0.717, 1.165) is 5.56 Å². The summed E-state index contributed by atoms with van der Waals surface area (Å²) in [6.07, 6.45) is -0.861. The summed E-state index contributed by atoms with van der Waals surface area (Å²) in [5.41, 5.74) is 1.01. The van der Waals surface area contributed by atoms with Crippen molar-refractivity contribution in [3.8, 4) is 11.5 Å². The number of carbonyl (C=O) groups is 2. The molecule has 1 aliphatic rings. The van der Waals surface area contributed by atoms with Crippen molar-refractivity contribution in [2.24, 2.45) is 0 Å². The van der Waals surface area contributed by atoms with E-state index < -0.39 is 19.0 Å². The highest BCUT2D eigenvalue weighted by Crippen LogP contribution is 2.32. The molecule has 9 nitrogen and oxygen atoms in total. The predicted molar refractivity (Wildman–Crippen MR) is 95.8 cm³/mol. The first-order valence-electron chi connectivity index (χ1n) is 8.59. The van der Waals surface area contributed by atoms with Crippen molar-refractivity contribution in [2.75, 3.05) is 47.9 Å². The minimum atomic E-state index is -0.874. The molecule has 27 heavy (non-hydrogen) atoms. The lowest BCUT2D eigenvalue weighted by atomic mass is 10.1. The lowest BCUT2D eigenvalue weighted by molar-refractivity contribution is -0.0254. The lowest BCUT2D eigenvalue weighted by Gasteiger charge is -2.24. The van der Waals surface area contributed by atoms with Gasteiger partial charge in [-0.05, 0) is 45.1 Å². The van der Waals surface area contributed by atoms with E-state index in [9.17, 15) is 9.59 Å². The Labute approximate surface area is 158 Å². The van der Waals surface area contributed by atoms with E-state index in [1.54, 1.807) is 7.05 Å². The molecule has 0 N–H and O–H groups in total. The number of rotatable bonds is 8. The van der Waals surface area contributed by atoms with Crippen molar-refractivity contribution in [1.82, 2.24) is 9.80 Å². The minimum absolute atomic E-state index is 0.134. The van der Waals surface area contributed by atoms with Crippen LogP contribution in [0.3, 0.4) is 0 Å². The normalized spacial score (nSPS) is 13.2. The summed E-state index contributed by atoms with van der Waals surface area (Å²) in [4.78, 5) is 26.7. The zero-order valence-electron chi connectivity index (χ0n) is 16.1. The summed E-state index contributed by atoms with van der Waals surface area (Å²) < 4.78 is 25.1. The van der Waals surface area contributed by atoms with Gasteiger partial charge in [-0.1, -0.05) is 6.07 Å². The molecule has 1 heterocycles. The molecule has 1 unspecified atom stereocenters. The van der Waals surface area contributed by atoms with Gasteiger partial charge in [0.05, 0.1) is 0 Å². The number of benzene rings is 1. The van der Waals surface area contributed by atoms with Crippen LogP contribution in [0.25, 0.3) is 0 Å². The Balaban J connectivity index is 1.70. The standard InChI is InChI=1S/C18H26N2O7/c1-13(9-14-5-6-15-16(10-14)25-11-24-15)20(4)17(21)26-12-27-18(22)23-8-7-19(2)3/h5-6,10,13H,7-9,11-12H2,1-4H3. The second-order valence-corrected chi connectivity index (χ2v) is 6.43. The maximum atomic E-state index is 12.1. The Kier molecular flexibility index (Phi) is 7.54. The molecule has 0 aliphatic carbocycles. The average molecular weight is 382 g/mol. The molecule has 1 aromatic carbocycles. The lowest BCUT2D eigenvalue weighted by Crippen LogP contribution is -2.37. The molecule has 0 spiro atoms. The first kappa shape index (κ1) is 20.6. The van der Waals surface area contributed by atoms with E-state index in [1.807, 2.05) is 44.1 Å². The molecule has 1 aromatic rings. The quantitative estimate of drug-likeness (QED) is 0.499. The third kappa shape index (κ3) is 6.52. The summed E-state index contributed by atoms with van der Waals surface area (Å²) in [6, 6.07) is 5.53. The van der Waals surface area contributed by atoms with Crippen LogP contribution in [-0.2, 0) is 20.6 Å². The van der Waals surface area contributed by atoms with Gasteiger partial charge in [-0.2, -0.15) is 0 Å². The van der Waals surface area contributed by atoms with Gasteiger partial charge in [-0.25, -0.2) is 9.59 Å². The summed E-state index contributed by atoms with van der Waals surface area (Å²) >= 11 is 0. The van der Waals surface area contributed by atoms with Gasteiger partial charge in [0.2, 0.25) is 13.6 Å². The van der Waals surface area contributed by atoms with Gasteiger partial charge in [-0.3, -0.25) is 0 Å². The van der Waals surface area contributed by atoms with Crippen molar-refractivity contribution in [2.45, 2.75) is 19.4 Å². The van der Waals surface area contributed by atoms with Gasteiger partial charge in [-0.15, -0.1) is 0 Å². The molecule has 0 radical (unpaired) electrons. The number of likely N-dealkylation sites (N-methyl/N-ethyl adjacent to an activating group) is 2. The van der Waals surface area contributed by atoms with Gasteiger partial charge < -0.3 is 33.5 Å². The number of carbonyl (C=O) groups excluding carboxylic acids is 2. The fourth-order valence-corrected chi connectivity index (χ4v) is 2.31. The van der Waals surface area contributed by atoms with E-state index in [2.05, 4.69) is 0 Å². The number of ether oxygens (including phenoxy) is 5. The van der Waals surface area contributed by atoms with Gasteiger partial charge >= 0.3 is 12.2 Å². The Bertz CT molecular complexity index is 651. The number of hydrogen-bond donors (Lipinski definition) is 0. The summed E-state index contributed by atoms with van der Waals surface area (Å²) in [7, 11) is 5.34. The van der Waals surface area contributed by atoms with Crippen LogP contribution in [0.15, 0.2) is 18.2 Å². The van der Waals surface area contributed by atoms with Crippen molar-refractivity contribution in [1.29, 1.82) is 0 Å². The van der Waals surface area contributed by atoms with Gasteiger partial charge in [0.25, 0.3) is 0 Å². The summed E-state index contributed by atoms with van der Waals surface area (Å²) in [5.74, 6) is 1.42. The highest BCUT2D eigenvalue weighted by molar-refractivity contribution is 5.68. The highest BCUT2D eigenvalue weighted by atomic mass is 16.8. The van der Waals surface area contributed by atoms with Crippen molar-refractivity contribution < 1.29 is 33.3 Å². The molecule has 9 heteroatoms. The monoisotopic (exact) mass is 382 g/mol. The second-order valence-electron chi connectivity index (χ2n) is 6.43. The van der Waals surface area contributed by atoms with Gasteiger partial charge in [0.1, 0.15) is 6.61 Å². The fourth-order valence-electron chi connectivity index (χ4n) is 2.31. The summed E-state index contributed by atoms with van der Waals surface area (Å²) in [6.45, 7) is 2.39. The second kappa shape index (κ2) is 9.86. The molecule has 1 aliphatic heterocycles. The van der Waals surface area contributed by atoms with Crippen molar-refractivity contribution in [3.05, 3.63) is 23.8 Å². The number of nitrogens with zero attached hydrogens (tertiary/aromatic N) is 2. The number of fused-ring (bicyclic) bond motifs is 1. The van der Waals surface area contributed by atoms with E-state index >= 15 is 0 Å². The maximum Gasteiger partial charge on any atom is 0.511 e. The van der Waals surface area contributed by atoms with Crippen LogP contribution in [0.4, 0.5) is 9.59 Å². The van der Waals surface area contributed by atoms with E-state index in [-0.39, 0.29) is 19.4 Å². The van der Waals surface area contributed by atoms with E-state index in [0.29, 0.717) is 24.5 Å². The van der Waals surface area contributed by atoms with Crippen molar-refractivity contribution in [3.63, 3.8) is 0 Å². The topological polar surface area (TPSA) is 86.8 Å². The molecule has 150 valence electrons. The molecule has 0 saturated carbocycles. The molecule has 0 aromatic heterocycles. The number of hydrogen-bond acceptors (Lipinski definition) is 8. The predicted octanol–water partition coefficient (Wildman–Crippen LogP) is 2.09. The van der Waals surface area contributed by atoms with Crippen molar-refractivity contribution >= 4 is 12.2 Å². The van der Waals surface area contributed by atoms with E-state index in [4.69, 9.17) is 23.7 Å². The maximum absolute atomic E-state index is 12.1. The van der Waals surface area contributed by atoms with Gasteiger partial charge in [0.15, 0.2) is 11.5 Å². The van der Waals surface area contributed by atoms with Crippen LogP contribution < -0.4 is 9.47 Å². The van der Waals surface area contributed by atoms with E-state index in [1.165, 1.54) is 4.90 Å². The average Bonchev–Trinajstić information content (AvgIpc) is 3.08. The first-order chi connectivity index (χ1) is 12.9. The van der Waals surface area contributed by atoms with Crippen LogP contribution in [0.5, 0.6) is 11.5 Å². The van der Waals surface area contributed by atoms with Crippen LogP contribution in [0.2, 0.25) is 0 Å². The number of amides is 1. The Morgan fingerprint density at radius 3 is 2.59 bits per heavy atom. The molecular formula is C18H26N2O7. The zero-order valence-corrected chi connectivity index (χ0v) is 16.1. The minimum Gasteiger partial charge on any atom is -0.454 e. The third-order valence-corrected chi connectivity index (χ3v) is 4.03. The van der Waals surface area contributed by atoms with Crippen LogP contribution in [-0.4, -0.2) is 76.0 Å². The van der Waals surface area contributed by atoms with Crippen LogP contribution >= 0.6 is 0 Å². The van der Waals surface area contributed by atoms with Gasteiger partial charge in [0, 0.05) is 19.6 Å². The molecule has 0 fully saturated rings. The largest absolute Gasteiger partial charge is 0.511 e. The Morgan fingerprint density at radius 1 is 1.11 bits per heavy atom. The zero-order chi connectivity index (χ0) is 19.8. The Hall–Kier alpha value is -2.68. The molecule has 1 atom stereocenters. The molecule has 0 saturated heterocycles. The molecular weight excluding hydrogens is 356 g/mol. The van der Waals surface area contributed by atoms with Crippen LogP contribution in [0, 0.1) is 0 Å².